The van der Waals surface area contributed by atoms with Crippen LogP contribution in [0.3, 0.4) is 0 Å². The van der Waals surface area contributed by atoms with E-state index in [9.17, 15) is 4.79 Å². The molecule has 0 radical (unpaired) electrons. The van der Waals surface area contributed by atoms with E-state index in [1.807, 2.05) is 42.5 Å². The molecule has 0 bridgehead atoms. The van der Waals surface area contributed by atoms with Gasteiger partial charge in [0, 0.05) is 29.4 Å². The van der Waals surface area contributed by atoms with Gasteiger partial charge in [0.25, 0.3) is 0 Å². The van der Waals surface area contributed by atoms with Crippen LogP contribution in [-0.4, -0.2) is 9.78 Å². The summed E-state index contributed by atoms with van der Waals surface area (Å²) in [6.07, 6.45) is 1.72. The summed E-state index contributed by atoms with van der Waals surface area (Å²) in [5.74, 6) is 0. The lowest BCUT2D eigenvalue weighted by atomic mass is 10.0. The Morgan fingerprint density at radius 1 is 1.00 bits per heavy atom. The van der Waals surface area contributed by atoms with Gasteiger partial charge in [0.1, 0.15) is 5.69 Å². The van der Waals surface area contributed by atoms with E-state index in [1.165, 1.54) is 0 Å². The second-order valence-corrected chi connectivity index (χ2v) is 5.21. The highest BCUT2D eigenvalue weighted by Crippen LogP contribution is 2.21. The van der Waals surface area contributed by atoms with Crippen molar-refractivity contribution in [2.24, 2.45) is 7.05 Å². The molecule has 0 aliphatic carbocycles. The topological polar surface area (TPSA) is 34.9 Å². The minimum absolute atomic E-state index is 0.0958. The molecule has 0 aliphatic rings. The van der Waals surface area contributed by atoms with E-state index in [0.29, 0.717) is 16.3 Å². The van der Waals surface area contributed by atoms with Crippen LogP contribution in [0.4, 0.5) is 0 Å². The lowest BCUT2D eigenvalue weighted by Gasteiger charge is -2.08. The van der Waals surface area contributed by atoms with E-state index in [4.69, 9.17) is 11.6 Å². The molecular formula is C17H13ClN2O. The van der Waals surface area contributed by atoms with Crippen LogP contribution < -0.4 is 5.43 Å². The molecule has 0 amide bonds. The molecule has 3 aromatic rings. The fourth-order valence-electron chi connectivity index (χ4n) is 2.25. The molecule has 0 spiro atoms. The zero-order valence-electron chi connectivity index (χ0n) is 11.5. The summed E-state index contributed by atoms with van der Waals surface area (Å²) in [4.78, 5) is 12.7. The second kappa shape index (κ2) is 5.54. The Morgan fingerprint density at radius 2 is 1.71 bits per heavy atom. The lowest BCUT2D eigenvalue weighted by Crippen LogP contribution is -2.15. The van der Waals surface area contributed by atoms with Gasteiger partial charge in [-0.2, -0.15) is 5.10 Å². The first kappa shape index (κ1) is 13.6. The molecule has 2 aromatic carbocycles. The molecular weight excluding hydrogens is 284 g/mol. The molecule has 0 saturated carbocycles. The van der Waals surface area contributed by atoms with Gasteiger partial charge in [0.05, 0.1) is 0 Å². The van der Waals surface area contributed by atoms with Crippen LogP contribution in [0.1, 0.15) is 0 Å². The number of hydrogen-bond acceptors (Lipinski definition) is 2. The fourth-order valence-corrected chi connectivity index (χ4v) is 2.44. The maximum absolute atomic E-state index is 12.7. The van der Waals surface area contributed by atoms with Crippen LogP contribution in [-0.2, 0) is 7.05 Å². The molecule has 3 rings (SSSR count). The molecule has 0 unspecified atom stereocenters. The molecule has 104 valence electrons. The third kappa shape index (κ3) is 2.73. The monoisotopic (exact) mass is 296 g/mol. The van der Waals surface area contributed by atoms with Gasteiger partial charge < -0.3 is 0 Å². The first-order valence-corrected chi connectivity index (χ1v) is 6.92. The number of hydrogen-bond donors (Lipinski definition) is 0. The van der Waals surface area contributed by atoms with Gasteiger partial charge in [-0.15, -0.1) is 0 Å². The van der Waals surface area contributed by atoms with Gasteiger partial charge in [-0.3, -0.25) is 9.48 Å². The van der Waals surface area contributed by atoms with Crippen molar-refractivity contribution in [2.45, 2.75) is 0 Å². The van der Waals surface area contributed by atoms with Crippen LogP contribution in [0.15, 0.2) is 65.6 Å². The minimum Gasteiger partial charge on any atom is -0.287 e. The van der Waals surface area contributed by atoms with Crippen molar-refractivity contribution in [1.29, 1.82) is 0 Å². The average Bonchev–Trinajstić information content (AvgIpc) is 2.50. The normalized spacial score (nSPS) is 10.6. The van der Waals surface area contributed by atoms with Gasteiger partial charge in [0.15, 0.2) is 0 Å². The summed E-state index contributed by atoms with van der Waals surface area (Å²) in [6.45, 7) is 0. The largest absolute Gasteiger partial charge is 0.287 e. The van der Waals surface area contributed by atoms with Crippen molar-refractivity contribution in [3.8, 4) is 22.4 Å². The molecule has 21 heavy (non-hydrogen) atoms. The van der Waals surface area contributed by atoms with Gasteiger partial charge in [-0.1, -0.05) is 54.1 Å². The smallest absolute Gasteiger partial charge is 0.215 e. The van der Waals surface area contributed by atoms with Crippen LogP contribution in [0.25, 0.3) is 22.4 Å². The van der Waals surface area contributed by atoms with Crippen molar-refractivity contribution in [1.82, 2.24) is 9.78 Å². The number of rotatable bonds is 2. The number of aryl methyl sites for hydroxylation is 1. The summed E-state index contributed by atoms with van der Waals surface area (Å²) in [7, 11) is 1.81. The lowest BCUT2D eigenvalue weighted by molar-refractivity contribution is 0.741. The first-order chi connectivity index (χ1) is 10.1. The van der Waals surface area contributed by atoms with E-state index in [-0.39, 0.29) is 5.43 Å². The van der Waals surface area contributed by atoms with Crippen LogP contribution in [0, 0.1) is 0 Å². The number of nitrogens with zero attached hydrogens (tertiary/aromatic N) is 2. The Balaban J connectivity index is 2.24. The highest BCUT2D eigenvalue weighted by molar-refractivity contribution is 6.30. The third-order valence-electron chi connectivity index (χ3n) is 3.22. The highest BCUT2D eigenvalue weighted by atomic mass is 35.5. The van der Waals surface area contributed by atoms with Crippen molar-refractivity contribution < 1.29 is 0 Å². The van der Waals surface area contributed by atoms with Gasteiger partial charge in [-0.05, 0) is 17.7 Å². The van der Waals surface area contributed by atoms with Crippen LogP contribution in [0.5, 0.6) is 0 Å². The molecule has 0 atom stereocenters. The quantitative estimate of drug-likeness (QED) is 0.721. The maximum Gasteiger partial charge on any atom is 0.215 e. The third-order valence-corrected chi connectivity index (χ3v) is 3.45. The second-order valence-electron chi connectivity index (χ2n) is 4.77. The minimum atomic E-state index is -0.0958. The summed E-state index contributed by atoms with van der Waals surface area (Å²) in [6, 6.07) is 16.7. The average molecular weight is 297 g/mol. The molecule has 0 N–H and O–H groups in total. The van der Waals surface area contributed by atoms with Gasteiger partial charge >= 0.3 is 0 Å². The Labute approximate surface area is 127 Å². The first-order valence-electron chi connectivity index (χ1n) is 6.54. The summed E-state index contributed by atoms with van der Waals surface area (Å²) in [5, 5.41) is 4.93. The van der Waals surface area contributed by atoms with E-state index in [2.05, 4.69) is 5.10 Å². The van der Waals surface area contributed by atoms with Crippen LogP contribution >= 0.6 is 11.6 Å². The van der Waals surface area contributed by atoms with Gasteiger partial charge in [0.2, 0.25) is 5.43 Å². The van der Waals surface area contributed by atoms with Gasteiger partial charge in [-0.25, -0.2) is 0 Å². The molecule has 3 nitrogen and oxygen atoms in total. The van der Waals surface area contributed by atoms with E-state index < -0.39 is 0 Å². The summed E-state index contributed by atoms with van der Waals surface area (Å²) < 4.78 is 1.65. The van der Waals surface area contributed by atoms with E-state index >= 15 is 0 Å². The highest BCUT2D eigenvalue weighted by Gasteiger charge is 2.12. The summed E-state index contributed by atoms with van der Waals surface area (Å²) >= 11 is 6.02. The fraction of sp³-hybridized carbons (Fsp3) is 0.0588. The predicted molar refractivity (Wildman–Crippen MR) is 85.4 cm³/mol. The van der Waals surface area contributed by atoms with Crippen molar-refractivity contribution in [3.05, 3.63) is 76.0 Å². The van der Waals surface area contributed by atoms with Crippen molar-refractivity contribution in [3.63, 3.8) is 0 Å². The Hall–Kier alpha value is -2.39. The predicted octanol–water partition coefficient (Wildman–Crippen LogP) is 3.77. The Kier molecular flexibility index (Phi) is 3.59. The molecule has 1 heterocycles. The molecule has 0 fully saturated rings. The maximum atomic E-state index is 12.7. The summed E-state index contributed by atoms with van der Waals surface area (Å²) in [5.41, 5.74) is 2.54. The SMILES string of the molecule is Cn1cc(-c2cccc(Cl)c2)c(=O)c(-c2ccccc2)n1. The van der Waals surface area contributed by atoms with E-state index in [1.54, 1.807) is 30.1 Å². The number of halogens is 1. The zero-order chi connectivity index (χ0) is 14.8. The molecule has 4 heteroatoms. The number of benzene rings is 2. The molecule has 1 aromatic heterocycles. The van der Waals surface area contributed by atoms with E-state index in [0.717, 1.165) is 11.1 Å². The number of aromatic nitrogens is 2. The standard InChI is InChI=1S/C17H13ClN2O/c1-20-11-15(13-8-5-9-14(18)10-13)17(21)16(19-20)12-6-3-2-4-7-12/h2-11H,1H3. The van der Waals surface area contributed by atoms with Crippen molar-refractivity contribution >= 4 is 11.6 Å². The Bertz CT molecular complexity index is 841. The van der Waals surface area contributed by atoms with Crippen molar-refractivity contribution in [2.75, 3.05) is 0 Å². The van der Waals surface area contributed by atoms with Crippen LogP contribution in [0.2, 0.25) is 5.02 Å². The molecule has 0 aliphatic heterocycles. The zero-order valence-corrected chi connectivity index (χ0v) is 12.2. The molecule has 0 saturated heterocycles. The Morgan fingerprint density at radius 3 is 2.43 bits per heavy atom.